The second kappa shape index (κ2) is 7.53. The number of carbonyl (C=O) groups excluding carboxylic acids is 1. The van der Waals surface area contributed by atoms with Crippen molar-refractivity contribution in [3.8, 4) is 0 Å². The van der Waals surface area contributed by atoms with E-state index in [1.165, 1.54) is 5.56 Å². The van der Waals surface area contributed by atoms with E-state index in [0.717, 1.165) is 12.8 Å². The molecule has 0 aliphatic carbocycles. The first-order chi connectivity index (χ1) is 9.02. The van der Waals surface area contributed by atoms with Gasteiger partial charge in [-0.3, -0.25) is 9.59 Å². The highest BCUT2D eigenvalue weighted by Gasteiger charge is 2.14. The molecule has 0 radical (unpaired) electrons. The van der Waals surface area contributed by atoms with Crippen molar-refractivity contribution < 1.29 is 14.7 Å². The molecule has 0 fully saturated rings. The van der Waals surface area contributed by atoms with Crippen molar-refractivity contribution >= 4 is 17.6 Å². The summed E-state index contributed by atoms with van der Waals surface area (Å²) in [4.78, 5) is 22.1. The maximum Gasteiger partial charge on any atom is 0.303 e. The van der Waals surface area contributed by atoms with Crippen LogP contribution in [-0.4, -0.2) is 23.0 Å². The summed E-state index contributed by atoms with van der Waals surface area (Å²) < 4.78 is 0. The molecule has 19 heavy (non-hydrogen) atoms. The molecule has 0 aliphatic heterocycles. The number of anilines is 1. The third-order valence-electron chi connectivity index (χ3n) is 2.77. The Morgan fingerprint density at radius 2 is 1.95 bits per heavy atom. The van der Waals surface area contributed by atoms with Crippen LogP contribution in [0.5, 0.6) is 0 Å². The molecule has 1 aromatic rings. The number of carboxylic acids is 1. The van der Waals surface area contributed by atoms with Crippen molar-refractivity contribution in [2.24, 2.45) is 5.73 Å². The van der Waals surface area contributed by atoms with E-state index < -0.39 is 12.0 Å². The Morgan fingerprint density at radius 3 is 2.47 bits per heavy atom. The minimum Gasteiger partial charge on any atom is -0.481 e. The molecule has 1 unspecified atom stereocenters. The number of nitrogens with one attached hydrogen (secondary N) is 1. The highest BCUT2D eigenvalue weighted by atomic mass is 16.4. The van der Waals surface area contributed by atoms with Gasteiger partial charge in [-0.25, -0.2) is 0 Å². The lowest BCUT2D eigenvalue weighted by Gasteiger charge is -2.11. The molecule has 1 aromatic carbocycles. The van der Waals surface area contributed by atoms with E-state index in [-0.39, 0.29) is 18.7 Å². The number of hydrogen-bond acceptors (Lipinski definition) is 3. The first kappa shape index (κ1) is 15.2. The van der Waals surface area contributed by atoms with Gasteiger partial charge in [0.1, 0.15) is 0 Å². The number of hydrogen-bond donors (Lipinski definition) is 3. The highest BCUT2D eigenvalue weighted by molar-refractivity contribution is 5.94. The second-order valence-corrected chi connectivity index (χ2v) is 4.48. The largest absolute Gasteiger partial charge is 0.481 e. The molecular formula is C14H20N2O3. The zero-order chi connectivity index (χ0) is 14.3. The number of benzene rings is 1. The Morgan fingerprint density at radius 1 is 1.32 bits per heavy atom. The molecule has 0 aliphatic rings. The summed E-state index contributed by atoms with van der Waals surface area (Å²) in [6, 6.07) is 6.77. The summed E-state index contributed by atoms with van der Waals surface area (Å²) in [5, 5.41) is 11.2. The third-order valence-corrected chi connectivity index (χ3v) is 2.77. The fraction of sp³-hybridized carbons (Fsp3) is 0.429. The van der Waals surface area contributed by atoms with Crippen LogP contribution >= 0.6 is 0 Å². The van der Waals surface area contributed by atoms with Gasteiger partial charge in [0.15, 0.2) is 0 Å². The average molecular weight is 264 g/mol. The third kappa shape index (κ3) is 5.52. The van der Waals surface area contributed by atoms with E-state index in [2.05, 4.69) is 12.2 Å². The Labute approximate surface area is 112 Å². The van der Waals surface area contributed by atoms with E-state index in [1.54, 1.807) is 0 Å². The number of aliphatic carboxylic acids is 1. The van der Waals surface area contributed by atoms with Crippen LogP contribution in [0.2, 0.25) is 0 Å². The van der Waals surface area contributed by atoms with E-state index in [0.29, 0.717) is 5.69 Å². The molecule has 1 rings (SSSR count). The van der Waals surface area contributed by atoms with Gasteiger partial charge in [-0.15, -0.1) is 0 Å². The van der Waals surface area contributed by atoms with Crippen molar-refractivity contribution in [1.82, 2.24) is 0 Å². The van der Waals surface area contributed by atoms with Crippen LogP contribution in [0.15, 0.2) is 24.3 Å². The Hall–Kier alpha value is -1.88. The van der Waals surface area contributed by atoms with Crippen molar-refractivity contribution in [1.29, 1.82) is 0 Å². The molecule has 5 heteroatoms. The van der Waals surface area contributed by atoms with Gasteiger partial charge in [0, 0.05) is 12.1 Å². The van der Waals surface area contributed by atoms with Crippen LogP contribution in [0, 0.1) is 0 Å². The normalized spacial score (nSPS) is 11.9. The number of aryl methyl sites for hydroxylation is 1. The van der Waals surface area contributed by atoms with Crippen LogP contribution in [0.4, 0.5) is 5.69 Å². The first-order valence-corrected chi connectivity index (χ1v) is 6.40. The minimum absolute atomic E-state index is 0.107. The molecule has 1 atom stereocenters. The lowest BCUT2D eigenvalue weighted by Crippen LogP contribution is -2.36. The highest BCUT2D eigenvalue weighted by Crippen LogP contribution is 2.11. The van der Waals surface area contributed by atoms with Gasteiger partial charge in [-0.1, -0.05) is 25.5 Å². The predicted octanol–water partition coefficient (Wildman–Crippen LogP) is 1.77. The number of rotatable bonds is 7. The fourth-order valence-corrected chi connectivity index (χ4v) is 1.69. The smallest absolute Gasteiger partial charge is 0.303 e. The molecule has 5 nitrogen and oxygen atoms in total. The zero-order valence-electron chi connectivity index (χ0n) is 11.1. The number of nitrogens with two attached hydrogens (primary N) is 1. The van der Waals surface area contributed by atoms with Crippen LogP contribution in [0.3, 0.4) is 0 Å². The van der Waals surface area contributed by atoms with Crippen molar-refractivity contribution in [2.45, 2.75) is 38.6 Å². The molecule has 0 spiro atoms. The topological polar surface area (TPSA) is 92.4 Å². The molecule has 0 bridgehead atoms. The van der Waals surface area contributed by atoms with E-state index in [9.17, 15) is 9.59 Å². The van der Waals surface area contributed by atoms with Gasteiger partial charge in [-0.05, 0) is 30.5 Å². The van der Waals surface area contributed by atoms with Crippen LogP contribution in [0.1, 0.15) is 31.7 Å². The SMILES string of the molecule is CCCc1ccc(NC(=O)C(N)CCC(=O)O)cc1. The van der Waals surface area contributed by atoms with Gasteiger partial charge in [0.05, 0.1) is 6.04 Å². The van der Waals surface area contributed by atoms with E-state index in [4.69, 9.17) is 10.8 Å². The summed E-state index contributed by atoms with van der Waals surface area (Å²) in [6.45, 7) is 2.11. The van der Waals surface area contributed by atoms with Crippen LogP contribution in [-0.2, 0) is 16.0 Å². The minimum atomic E-state index is -0.952. The Balaban J connectivity index is 2.49. The fourth-order valence-electron chi connectivity index (χ4n) is 1.69. The Kier molecular flexibility index (Phi) is 6.02. The zero-order valence-corrected chi connectivity index (χ0v) is 11.1. The van der Waals surface area contributed by atoms with Gasteiger partial charge < -0.3 is 16.2 Å². The Bertz CT molecular complexity index is 429. The average Bonchev–Trinajstić information content (AvgIpc) is 2.38. The summed E-state index contributed by atoms with van der Waals surface area (Å²) >= 11 is 0. The molecule has 4 N–H and O–H groups in total. The lowest BCUT2D eigenvalue weighted by molar-refractivity contribution is -0.137. The van der Waals surface area contributed by atoms with Crippen molar-refractivity contribution in [3.63, 3.8) is 0 Å². The molecule has 0 saturated carbocycles. The second-order valence-electron chi connectivity index (χ2n) is 4.48. The van der Waals surface area contributed by atoms with Crippen molar-refractivity contribution in [2.75, 3.05) is 5.32 Å². The predicted molar refractivity (Wildman–Crippen MR) is 73.9 cm³/mol. The van der Waals surface area contributed by atoms with E-state index in [1.807, 2.05) is 24.3 Å². The van der Waals surface area contributed by atoms with Gasteiger partial charge in [0.2, 0.25) is 5.91 Å². The molecular weight excluding hydrogens is 244 g/mol. The molecule has 0 aromatic heterocycles. The molecule has 0 heterocycles. The molecule has 1 amide bonds. The number of carboxylic acid groups (broad SMARTS) is 1. The van der Waals surface area contributed by atoms with Crippen molar-refractivity contribution in [3.05, 3.63) is 29.8 Å². The maximum atomic E-state index is 11.7. The number of carbonyl (C=O) groups is 2. The van der Waals surface area contributed by atoms with E-state index >= 15 is 0 Å². The molecule has 104 valence electrons. The lowest BCUT2D eigenvalue weighted by atomic mass is 10.1. The van der Waals surface area contributed by atoms with Gasteiger partial charge >= 0.3 is 5.97 Å². The first-order valence-electron chi connectivity index (χ1n) is 6.40. The van der Waals surface area contributed by atoms with Crippen LogP contribution in [0.25, 0.3) is 0 Å². The summed E-state index contributed by atoms with van der Waals surface area (Å²) in [7, 11) is 0. The van der Waals surface area contributed by atoms with Gasteiger partial charge in [-0.2, -0.15) is 0 Å². The van der Waals surface area contributed by atoms with Crippen LogP contribution < -0.4 is 11.1 Å². The number of amides is 1. The maximum absolute atomic E-state index is 11.7. The summed E-state index contributed by atoms with van der Waals surface area (Å²) in [5.74, 6) is -1.31. The quantitative estimate of drug-likeness (QED) is 0.699. The molecule has 0 saturated heterocycles. The summed E-state index contributed by atoms with van der Waals surface area (Å²) in [5.41, 5.74) is 7.51. The summed E-state index contributed by atoms with van der Waals surface area (Å²) in [6.07, 6.45) is 2.11. The monoisotopic (exact) mass is 264 g/mol. The van der Waals surface area contributed by atoms with Gasteiger partial charge in [0.25, 0.3) is 0 Å². The standard InChI is InChI=1S/C14H20N2O3/c1-2-3-10-4-6-11(7-5-10)16-14(19)12(15)8-9-13(17)18/h4-7,12H,2-3,8-9,15H2,1H3,(H,16,19)(H,17,18).